The summed E-state index contributed by atoms with van der Waals surface area (Å²) in [6.45, 7) is 0. The molecule has 1 amide bonds. The Kier molecular flexibility index (Phi) is 4.82. The van der Waals surface area contributed by atoms with E-state index in [4.69, 9.17) is 0 Å². The van der Waals surface area contributed by atoms with E-state index < -0.39 is 21.7 Å². The lowest BCUT2D eigenvalue weighted by Gasteiger charge is -2.12. The molecule has 0 unspecified atom stereocenters. The summed E-state index contributed by atoms with van der Waals surface area (Å²) in [6, 6.07) is 9.94. The van der Waals surface area contributed by atoms with Crippen molar-refractivity contribution in [2.24, 2.45) is 0 Å². The van der Waals surface area contributed by atoms with Gasteiger partial charge in [0, 0.05) is 10.0 Å². The number of benzene rings is 2. The number of hydrogen-bond donors (Lipinski definition) is 2. The molecular formula is C14H12BrFN2O3S. The molecule has 22 heavy (non-hydrogen) atoms. The minimum absolute atomic E-state index is 0.0401. The maximum Gasteiger partial charge on any atom is 0.255 e. The highest BCUT2D eigenvalue weighted by Gasteiger charge is 2.12. The molecule has 0 aliphatic rings. The van der Waals surface area contributed by atoms with Crippen LogP contribution in [0.15, 0.2) is 46.9 Å². The summed E-state index contributed by atoms with van der Waals surface area (Å²) in [5.41, 5.74) is 0.491. The van der Waals surface area contributed by atoms with Gasteiger partial charge in [-0.1, -0.05) is 15.9 Å². The predicted molar refractivity (Wildman–Crippen MR) is 87.0 cm³/mol. The third-order valence-electron chi connectivity index (χ3n) is 2.63. The highest BCUT2D eigenvalue weighted by atomic mass is 79.9. The summed E-state index contributed by atoms with van der Waals surface area (Å²) in [6.07, 6.45) is 0.969. The number of carbonyl (C=O) groups excluding carboxylic acids is 1. The van der Waals surface area contributed by atoms with Gasteiger partial charge in [0.05, 0.1) is 17.6 Å². The molecule has 0 heterocycles. The summed E-state index contributed by atoms with van der Waals surface area (Å²) in [4.78, 5) is 12.1. The second-order valence-corrected chi connectivity index (χ2v) is 7.19. The number of carbonyl (C=O) groups is 1. The Labute approximate surface area is 135 Å². The van der Waals surface area contributed by atoms with Crippen molar-refractivity contribution in [3.05, 3.63) is 58.3 Å². The van der Waals surface area contributed by atoms with Gasteiger partial charge in [-0.2, -0.15) is 0 Å². The van der Waals surface area contributed by atoms with Crippen LogP contribution in [-0.2, 0) is 10.0 Å². The molecule has 0 saturated heterocycles. The summed E-state index contributed by atoms with van der Waals surface area (Å²) in [7, 11) is -3.55. The number of sulfonamides is 1. The summed E-state index contributed by atoms with van der Waals surface area (Å²) in [5, 5.41) is 2.49. The van der Waals surface area contributed by atoms with Crippen LogP contribution in [0.2, 0.25) is 0 Å². The molecule has 0 bridgehead atoms. The van der Waals surface area contributed by atoms with E-state index in [0.29, 0.717) is 5.56 Å². The van der Waals surface area contributed by atoms with Crippen molar-refractivity contribution in [3.8, 4) is 0 Å². The van der Waals surface area contributed by atoms with Crippen LogP contribution in [0.5, 0.6) is 0 Å². The second kappa shape index (κ2) is 6.45. The molecule has 0 aliphatic heterocycles. The van der Waals surface area contributed by atoms with E-state index in [0.717, 1.165) is 22.9 Å². The van der Waals surface area contributed by atoms with E-state index >= 15 is 0 Å². The van der Waals surface area contributed by atoms with Crippen LogP contribution in [-0.4, -0.2) is 20.6 Å². The number of nitrogens with one attached hydrogen (secondary N) is 2. The fraction of sp³-hybridized carbons (Fsp3) is 0.0714. The third-order valence-corrected chi connectivity index (χ3v) is 3.75. The third kappa shape index (κ3) is 4.54. The number of halogens is 2. The minimum atomic E-state index is -3.55. The lowest BCUT2D eigenvalue weighted by Crippen LogP contribution is -2.16. The molecule has 5 nitrogen and oxygen atoms in total. The lowest BCUT2D eigenvalue weighted by atomic mass is 10.2. The van der Waals surface area contributed by atoms with Crippen molar-refractivity contribution >= 4 is 43.2 Å². The van der Waals surface area contributed by atoms with Crippen LogP contribution in [0.4, 0.5) is 15.8 Å². The molecule has 2 aromatic rings. The van der Waals surface area contributed by atoms with E-state index in [9.17, 15) is 17.6 Å². The molecule has 8 heteroatoms. The molecule has 2 N–H and O–H groups in total. The number of anilines is 2. The molecule has 0 radical (unpaired) electrons. The van der Waals surface area contributed by atoms with E-state index in [1.54, 1.807) is 24.3 Å². The number of amides is 1. The topological polar surface area (TPSA) is 75.3 Å². The molecular weight excluding hydrogens is 375 g/mol. The van der Waals surface area contributed by atoms with Gasteiger partial charge in [-0.15, -0.1) is 0 Å². The highest BCUT2D eigenvalue weighted by Crippen LogP contribution is 2.24. The average Bonchev–Trinajstić information content (AvgIpc) is 2.41. The molecule has 0 aromatic heterocycles. The van der Waals surface area contributed by atoms with E-state index in [1.165, 1.54) is 6.07 Å². The Morgan fingerprint density at radius 2 is 1.73 bits per heavy atom. The molecule has 0 aliphatic carbocycles. The number of rotatable bonds is 4. The van der Waals surface area contributed by atoms with Crippen molar-refractivity contribution < 1.29 is 17.6 Å². The highest BCUT2D eigenvalue weighted by molar-refractivity contribution is 9.10. The SMILES string of the molecule is CS(=O)(=O)Nc1ccc(F)cc1NC(=O)c1ccc(Br)cc1. The van der Waals surface area contributed by atoms with Crippen molar-refractivity contribution in [3.63, 3.8) is 0 Å². The largest absolute Gasteiger partial charge is 0.320 e. The van der Waals surface area contributed by atoms with Crippen molar-refractivity contribution in [1.82, 2.24) is 0 Å². The van der Waals surface area contributed by atoms with Crippen LogP contribution in [0, 0.1) is 5.82 Å². The molecule has 0 spiro atoms. The maximum absolute atomic E-state index is 13.4. The van der Waals surface area contributed by atoms with Gasteiger partial charge in [-0.3, -0.25) is 9.52 Å². The normalized spacial score (nSPS) is 11.0. The van der Waals surface area contributed by atoms with Crippen molar-refractivity contribution in [2.75, 3.05) is 16.3 Å². The summed E-state index contributed by atoms with van der Waals surface area (Å²) < 4.78 is 39.0. The molecule has 0 atom stereocenters. The summed E-state index contributed by atoms with van der Waals surface area (Å²) in [5.74, 6) is -1.07. The van der Waals surface area contributed by atoms with Crippen molar-refractivity contribution in [2.45, 2.75) is 0 Å². The zero-order valence-corrected chi connectivity index (χ0v) is 13.8. The molecule has 2 aromatic carbocycles. The average molecular weight is 387 g/mol. The van der Waals surface area contributed by atoms with Crippen LogP contribution >= 0.6 is 15.9 Å². The second-order valence-electron chi connectivity index (χ2n) is 4.53. The zero-order chi connectivity index (χ0) is 16.3. The van der Waals surface area contributed by atoms with Crippen LogP contribution < -0.4 is 10.0 Å². The lowest BCUT2D eigenvalue weighted by molar-refractivity contribution is 0.102. The van der Waals surface area contributed by atoms with Gasteiger partial charge in [0.15, 0.2) is 0 Å². The van der Waals surface area contributed by atoms with Gasteiger partial charge in [-0.05, 0) is 42.5 Å². The Hall–Kier alpha value is -1.93. The van der Waals surface area contributed by atoms with Gasteiger partial charge in [0.1, 0.15) is 5.82 Å². The minimum Gasteiger partial charge on any atom is -0.320 e. The first-order valence-electron chi connectivity index (χ1n) is 6.09. The van der Waals surface area contributed by atoms with Gasteiger partial charge in [0.25, 0.3) is 5.91 Å². The first-order valence-corrected chi connectivity index (χ1v) is 8.77. The van der Waals surface area contributed by atoms with Gasteiger partial charge >= 0.3 is 0 Å². The van der Waals surface area contributed by atoms with E-state index in [2.05, 4.69) is 26.0 Å². The van der Waals surface area contributed by atoms with E-state index in [-0.39, 0.29) is 11.4 Å². The fourth-order valence-electron chi connectivity index (χ4n) is 1.70. The molecule has 2 rings (SSSR count). The Morgan fingerprint density at radius 1 is 1.09 bits per heavy atom. The fourth-order valence-corrected chi connectivity index (χ4v) is 2.55. The Bertz CT molecular complexity index is 807. The predicted octanol–water partition coefficient (Wildman–Crippen LogP) is 3.21. The Balaban J connectivity index is 2.29. The zero-order valence-electron chi connectivity index (χ0n) is 11.4. The van der Waals surface area contributed by atoms with Gasteiger partial charge in [0.2, 0.25) is 10.0 Å². The van der Waals surface area contributed by atoms with Gasteiger partial charge < -0.3 is 5.32 Å². The molecule has 0 fully saturated rings. The van der Waals surface area contributed by atoms with Crippen LogP contribution in [0.3, 0.4) is 0 Å². The van der Waals surface area contributed by atoms with Crippen molar-refractivity contribution in [1.29, 1.82) is 0 Å². The van der Waals surface area contributed by atoms with Crippen LogP contribution in [0.1, 0.15) is 10.4 Å². The molecule has 0 saturated carbocycles. The van der Waals surface area contributed by atoms with Crippen LogP contribution in [0.25, 0.3) is 0 Å². The first kappa shape index (κ1) is 16.4. The smallest absolute Gasteiger partial charge is 0.255 e. The van der Waals surface area contributed by atoms with Gasteiger partial charge in [-0.25, -0.2) is 12.8 Å². The first-order chi connectivity index (χ1) is 10.2. The number of hydrogen-bond acceptors (Lipinski definition) is 3. The quantitative estimate of drug-likeness (QED) is 0.846. The maximum atomic E-state index is 13.4. The standard InChI is InChI=1S/C14H12BrFN2O3S/c1-22(20,21)18-12-7-6-11(16)8-13(12)17-14(19)9-2-4-10(15)5-3-9/h2-8,18H,1H3,(H,17,19). The Morgan fingerprint density at radius 3 is 2.32 bits per heavy atom. The summed E-state index contributed by atoms with van der Waals surface area (Å²) >= 11 is 3.26. The monoisotopic (exact) mass is 386 g/mol. The van der Waals surface area contributed by atoms with E-state index in [1.807, 2.05) is 0 Å². The molecule has 116 valence electrons.